The lowest BCUT2D eigenvalue weighted by Gasteiger charge is -2.12. The molecular weight excluding hydrogens is 286 g/mol. The molecule has 0 saturated carbocycles. The molecule has 0 saturated heterocycles. The van der Waals surface area contributed by atoms with Crippen molar-refractivity contribution < 1.29 is 9.84 Å². The van der Waals surface area contributed by atoms with Gasteiger partial charge in [-0.15, -0.1) is 12.4 Å². The topological polar surface area (TPSA) is 55.5 Å². The number of aliphatic hydroxyl groups excluding tert-OH is 1. The van der Waals surface area contributed by atoms with E-state index in [2.05, 4.69) is 0 Å². The molecule has 0 aliphatic rings. The van der Waals surface area contributed by atoms with Gasteiger partial charge >= 0.3 is 0 Å². The van der Waals surface area contributed by atoms with Crippen LogP contribution in [0.4, 0.5) is 0 Å². The second-order valence-electron chi connectivity index (χ2n) is 4.82. The third-order valence-corrected chi connectivity index (χ3v) is 3.23. The number of hydrogen-bond acceptors (Lipinski definition) is 3. The number of halogens is 1. The second-order valence-corrected chi connectivity index (χ2v) is 4.82. The van der Waals surface area contributed by atoms with E-state index in [0.717, 1.165) is 29.7 Å². The van der Waals surface area contributed by atoms with E-state index in [1.807, 2.05) is 54.6 Å². The molecule has 21 heavy (non-hydrogen) atoms. The van der Waals surface area contributed by atoms with Gasteiger partial charge in [0.25, 0.3) is 0 Å². The second kappa shape index (κ2) is 9.40. The first-order valence-corrected chi connectivity index (χ1v) is 6.92. The van der Waals surface area contributed by atoms with E-state index in [9.17, 15) is 0 Å². The van der Waals surface area contributed by atoms with Gasteiger partial charge in [-0.2, -0.15) is 0 Å². The molecule has 3 nitrogen and oxygen atoms in total. The molecule has 0 radical (unpaired) electrons. The van der Waals surface area contributed by atoms with E-state index >= 15 is 0 Å². The summed E-state index contributed by atoms with van der Waals surface area (Å²) in [5, 5.41) is 8.81. The highest BCUT2D eigenvalue weighted by Gasteiger charge is 2.05. The van der Waals surface area contributed by atoms with Crippen molar-refractivity contribution in [2.75, 3.05) is 6.61 Å². The Bertz CT molecular complexity index is 502. The van der Waals surface area contributed by atoms with E-state index in [1.165, 1.54) is 0 Å². The van der Waals surface area contributed by atoms with Crippen LogP contribution in [-0.4, -0.2) is 11.7 Å². The van der Waals surface area contributed by atoms with Crippen molar-refractivity contribution in [2.24, 2.45) is 5.73 Å². The van der Waals surface area contributed by atoms with E-state index < -0.39 is 0 Å². The van der Waals surface area contributed by atoms with Crippen molar-refractivity contribution in [3.8, 4) is 5.75 Å². The highest BCUT2D eigenvalue weighted by Crippen LogP contribution is 2.20. The third kappa shape index (κ3) is 5.76. The summed E-state index contributed by atoms with van der Waals surface area (Å²) in [7, 11) is 0. The highest BCUT2D eigenvalue weighted by atomic mass is 35.5. The fourth-order valence-corrected chi connectivity index (χ4v) is 2.03. The van der Waals surface area contributed by atoms with E-state index in [-0.39, 0.29) is 25.1 Å². The Morgan fingerprint density at radius 1 is 1.00 bits per heavy atom. The first-order valence-electron chi connectivity index (χ1n) is 6.92. The van der Waals surface area contributed by atoms with Crippen molar-refractivity contribution in [1.82, 2.24) is 0 Å². The molecule has 2 aromatic rings. The lowest BCUT2D eigenvalue weighted by atomic mass is 10.0. The minimum absolute atomic E-state index is 0. The van der Waals surface area contributed by atoms with Gasteiger partial charge in [0.2, 0.25) is 0 Å². The largest absolute Gasteiger partial charge is 0.489 e. The van der Waals surface area contributed by atoms with Crippen LogP contribution in [0.15, 0.2) is 54.6 Å². The molecule has 2 aromatic carbocycles. The molecule has 0 heterocycles. The van der Waals surface area contributed by atoms with Crippen LogP contribution in [0, 0.1) is 0 Å². The van der Waals surface area contributed by atoms with Crippen LogP contribution in [0.1, 0.15) is 30.0 Å². The van der Waals surface area contributed by atoms with Crippen molar-refractivity contribution in [1.29, 1.82) is 0 Å². The quantitative estimate of drug-likeness (QED) is 0.823. The predicted molar refractivity (Wildman–Crippen MR) is 87.7 cm³/mol. The third-order valence-electron chi connectivity index (χ3n) is 3.23. The minimum atomic E-state index is -0.0228. The normalized spacial score (nSPS) is 11.5. The Balaban J connectivity index is 0.00000220. The molecule has 0 bridgehead atoms. The fourth-order valence-electron chi connectivity index (χ4n) is 2.03. The van der Waals surface area contributed by atoms with Crippen LogP contribution in [0.25, 0.3) is 0 Å². The molecule has 114 valence electrons. The maximum absolute atomic E-state index is 8.81. The maximum Gasteiger partial charge on any atom is 0.119 e. The van der Waals surface area contributed by atoms with Gasteiger partial charge in [-0.25, -0.2) is 0 Å². The van der Waals surface area contributed by atoms with Crippen molar-refractivity contribution in [2.45, 2.75) is 25.5 Å². The van der Waals surface area contributed by atoms with Gasteiger partial charge in [-0.1, -0.05) is 42.5 Å². The number of rotatable bonds is 7. The van der Waals surface area contributed by atoms with E-state index in [1.54, 1.807) is 0 Å². The van der Waals surface area contributed by atoms with Crippen molar-refractivity contribution in [3.63, 3.8) is 0 Å². The van der Waals surface area contributed by atoms with E-state index in [0.29, 0.717) is 6.61 Å². The van der Waals surface area contributed by atoms with E-state index in [4.69, 9.17) is 15.6 Å². The Morgan fingerprint density at radius 2 is 1.67 bits per heavy atom. The summed E-state index contributed by atoms with van der Waals surface area (Å²) in [6.45, 7) is 0.753. The summed E-state index contributed by atoms with van der Waals surface area (Å²) < 4.78 is 5.73. The maximum atomic E-state index is 8.81. The summed E-state index contributed by atoms with van der Waals surface area (Å²) in [5.74, 6) is 0.840. The zero-order chi connectivity index (χ0) is 14.2. The molecule has 1 atom stereocenters. The Hall–Kier alpha value is -1.55. The number of ether oxygens (including phenoxy) is 1. The molecule has 0 spiro atoms. The number of benzene rings is 2. The van der Waals surface area contributed by atoms with Crippen LogP contribution in [0.2, 0.25) is 0 Å². The first kappa shape index (κ1) is 17.5. The van der Waals surface area contributed by atoms with Crippen molar-refractivity contribution in [3.05, 3.63) is 65.7 Å². The SMILES string of the molecule is Cl.N[C@H](CCCO)c1ccc(OCc2ccccc2)cc1. The van der Waals surface area contributed by atoms with Crippen molar-refractivity contribution >= 4 is 12.4 Å². The summed E-state index contributed by atoms with van der Waals surface area (Å²) in [5.41, 5.74) is 8.27. The van der Waals surface area contributed by atoms with Gasteiger partial charge in [0, 0.05) is 12.6 Å². The molecular formula is C17H22ClNO2. The van der Waals surface area contributed by atoms with Gasteiger partial charge in [0.1, 0.15) is 12.4 Å². The molecule has 3 N–H and O–H groups in total. The Morgan fingerprint density at radius 3 is 2.29 bits per heavy atom. The monoisotopic (exact) mass is 307 g/mol. The van der Waals surface area contributed by atoms with Crippen LogP contribution in [0.5, 0.6) is 5.75 Å². The lowest BCUT2D eigenvalue weighted by Crippen LogP contribution is -2.10. The van der Waals surface area contributed by atoms with Crippen LogP contribution < -0.4 is 10.5 Å². The summed E-state index contributed by atoms with van der Waals surface area (Å²) in [6.07, 6.45) is 1.52. The summed E-state index contributed by atoms with van der Waals surface area (Å²) in [4.78, 5) is 0. The molecule has 0 aliphatic carbocycles. The zero-order valence-electron chi connectivity index (χ0n) is 11.9. The molecule has 2 rings (SSSR count). The van der Waals surface area contributed by atoms with Gasteiger partial charge < -0.3 is 15.6 Å². The highest BCUT2D eigenvalue weighted by molar-refractivity contribution is 5.85. The van der Waals surface area contributed by atoms with Gasteiger partial charge in [0.05, 0.1) is 0 Å². The molecule has 4 heteroatoms. The predicted octanol–water partition coefficient (Wildman–Crippen LogP) is 3.46. The minimum Gasteiger partial charge on any atom is -0.489 e. The first-order chi connectivity index (χ1) is 9.79. The van der Waals surface area contributed by atoms with Gasteiger partial charge in [0.15, 0.2) is 0 Å². The van der Waals surface area contributed by atoms with Crippen LogP contribution >= 0.6 is 12.4 Å². The number of nitrogens with two attached hydrogens (primary N) is 1. The molecule has 0 aromatic heterocycles. The number of aliphatic hydroxyl groups is 1. The standard InChI is InChI=1S/C17H21NO2.ClH/c18-17(7-4-12-19)15-8-10-16(11-9-15)20-13-14-5-2-1-3-6-14;/h1-3,5-6,8-11,17,19H,4,7,12-13,18H2;1H/t17-;/m1./s1. The molecule has 0 amide bonds. The average molecular weight is 308 g/mol. The molecule has 0 unspecified atom stereocenters. The van der Waals surface area contributed by atoms with Crippen LogP contribution in [-0.2, 0) is 6.61 Å². The Kier molecular flexibility index (Phi) is 7.83. The Labute approximate surface area is 132 Å². The summed E-state index contributed by atoms with van der Waals surface area (Å²) >= 11 is 0. The lowest BCUT2D eigenvalue weighted by molar-refractivity contribution is 0.280. The molecule has 0 fully saturated rings. The smallest absolute Gasteiger partial charge is 0.119 e. The molecule has 0 aliphatic heterocycles. The van der Waals surface area contributed by atoms with Gasteiger partial charge in [-0.3, -0.25) is 0 Å². The van der Waals surface area contributed by atoms with Gasteiger partial charge in [-0.05, 0) is 36.1 Å². The zero-order valence-corrected chi connectivity index (χ0v) is 12.8. The average Bonchev–Trinajstić information content (AvgIpc) is 2.52. The summed E-state index contributed by atoms with van der Waals surface area (Å²) in [6, 6.07) is 17.9. The fraction of sp³-hybridized carbons (Fsp3) is 0.294. The van der Waals surface area contributed by atoms with Crippen LogP contribution in [0.3, 0.4) is 0 Å². The number of hydrogen-bond donors (Lipinski definition) is 2.